The van der Waals surface area contributed by atoms with Gasteiger partial charge in [0.1, 0.15) is 5.75 Å². The molecule has 0 fully saturated rings. The molecule has 0 bridgehead atoms. The van der Waals surface area contributed by atoms with Crippen molar-refractivity contribution in [3.8, 4) is 5.75 Å². The normalized spacial score (nSPS) is 11.3. The van der Waals surface area contributed by atoms with Crippen LogP contribution >= 0.6 is 0 Å². The van der Waals surface area contributed by atoms with Gasteiger partial charge in [-0.1, -0.05) is 24.3 Å². The maximum absolute atomic E-state index is 12.4. The van der Waals surface area contributed by atoms with Crippen molar-refractivity contribution in [2.45, 2.75) is 19.5 Å². The zero-order chi connectivity index (χ0) is 18.6. The molecule has 0 saturated heterocycles. The number of amides is 2. The number of fused-ring (bicyclic) bond motifs is 1. The van der Waals surface area contributed by atoms with E-state index in [9.17, 15) is 18.0 Å². The zero-order valence-electron chi connectivity index (χ0n) is 13.3. The molecule has 26 heavy (non-hydrogen) atoms. The van der Waals surface area contributed by atoms with Crippen LogP contribution in [0.15, 0.2) is 48.7 Å². The summed E-state index contributed by atoms with van der Waals surface area (Å²) in [7, 11) is 0. The fourth-order valence-corrected chi connectivity index (χ4v) is 2.28. The average Bonchev–Trinajstić information content (AvgIpc) is 3.01. The SMILES string of the molecule is O=C(NCc1ccccc1OC(F)(F)F)NCc1nnc2ccccn12. The number of ether oxygens (including phenoxy) is 1. The molecule has 0 aliphatic rings. The minimum atomic E-state index is -4.80. The fourth-order valence-electron chi connectivity index (χ4n) is 2.28. The molecule has 0 aliphatic carbocycles. The van der Waals surface area contributed by atoms with E-state index in [1.807, 2.05) is 6.07 Å². The monoisotopic (exact) mass is 365 g/mol. The van der Waals surface area contributed by atoms with Gasteiger partial charge in [0.25, 0.3) is 0 Å². The highest BCUT2D eigenvalue weighted by molar-refractivity contribution is 5.73. The number of halogens is 3. The summed E-state index contributed by atoms with van der Waals surface area (Å²) in [4.78, 5) is 11.9. The Labute approximate surface area is 145 Å². The summed E-state index contributed by atoms with van der Waals surface area (Å²) < 4.78 is 42.8. The van der Waals surface area contributed by atoms with Crippen LogP contribution in [-0.4, -0.2) is 27.0 Å². The van der Waals surface area contributed by atoms with Crippen molar-refractivity contribution in [2.75, 3.05) is 0 Å². The summed E-state index contributed by atoms with van der Waals surface area (Å²) in [5.74, 6) is 0.167. The summed E-state index contributed by atoms with van der Waals surface area (Å²) in [5, 5.41) is 13.0. The maximum Gasteiger partial charge on any atom is 0.573 e. The summed E-state index contributed by atoms with van der Waals surface area (Å²) in [6, 6.07) is 10.4. The molecule has 0 unspecified atom stereocenters. The van der Waals surface area contributed by atoms with Crippen LogP contribution in [0.25, 0.3) is 5.65 Å². The Bertz CT molecular complexity index is 910. The first kappa shape index (κ1) is 17.5. The van der Waals surface area contributed by atoms with Crippen LogP contribution < -0.4 is 15.4 Å². The first-order valence-electron chi connectivity index (χ1n) is 7.56. The van der Waals surface area contributed by atoms with Crippen molar-refractivity contribution in [3.05, 3.63) is 60.0 Å². The van der Waals surface area contributed by atoms with Crippen molar-refractivity contribution in [1.29, 1.82) is 0 Å². The Morgan fingerprint density at radius 3 is 2.58 bits per heavy atom. The molecule has 0 radical (unpaired) electrons. The molecule has 7 nitrogen and oxygen atoms in total. The van der Waals surface area contributed by atoms with Gasteiger partial charge >= 0.3 is 12.4 Å². The van der Waals surface area contributed by atoms with Gasteiger partial charge in [-0.15, -0.1) is 23.4 Å². The molecule has 2 N–H and O–H groups in total. The van der Waals surface area contributed by atoms with Gasteiger partial charge in [0.2, 0.25) is 0 Å². The Morgan fingerprint density at radius 1 is 1.04 bits per heavy atom. The summed E-state index contributed by atoms with van der Waals surface area (Å²) >= 11 is 0. The second-order valence-corrected chi connectivity index (χ2v) is 5.24. The van der Waals surface area contributed by atoms with Gasteiger partial charge in [0.05, 0.1) is 6.54 Å². The second-order valence-electron chi connectivity index (χ2n) is 5.24. The molecule has 3 aromatic rings. The lowest BCUT2D eigenvalue weighted by molar-refractivity contribution is -0.274. The van der Waals surface area contributed by atoms with E-state index >= 15 is 0 Å². The molecule has 0 spiro atoms. The quantitative estimate of drug-likeness (QED) is 0.728. The molecular formula is C16H14F3N5O2. The van der Waals surface area contributed by atoms with Gasteiger partial charge in [-0.3, -0.25) is 4.40 Å². The first-order chi connectivity index (χ1) is 12.4. The summed E-state index contributed by atoms with van der Waals surface area (Å²) in [6.07, 6.45) is -3.04. The van der Waals surface area contributed by atoms with Crippen LogP contribution in [0.4, 0.5) is 18.0 Å². The Hall–Kier alpha value is -3.30. The molecule has 0 atom stereocenters. The van der Waals surface area contributed by atoms with E-state index in [4.69, 9.17) is 0 Å². The number of alkyl halides is 3. The minimum absolute atomic E-state index is 0.109. The highest BCUT2D eigenvalue weighted by Crippen LogP contribution is 2.25. The Morgan fingerprint density at radius 2 is 1.77 bits per heavy atom. The van der Waals surface area contributed by atoms with E-state index in [1.165, 1.54) is 18.2 Å². The third kappa shape index (κ3) is 4.41. The predicted molar refractivity (Wildman–Crippen MR) is 85.2 cm³/mol. The maximum atomic E-state index is 12.4. The first-order valence-corrected chi connectivity index (χ1v) is 7.56. The van der Waals surface area contributed by atoms with Crippen molar-refractivity contribution in [3.63, 3.8) is 0 Å². The molecular weight excluding hydrogens is 351 g/mol. The number of aromatic nitrogens is 3. The molecule has 2 heterocycles. The van der Waals surface area contributed by atoms with Crippen LogP contribution in [0, 0.1) is 0 Å². The van der Waals surface area contributed by atoms with Gasteiger partial charge in [-0.25, -0.2) is 4.79 Å². The Kier molecular flexibility index (Phi) is 4.92. The number of benzene rings is 1. The van der Waals surface area contributed by atoms with Crippen LogP contribution in [0.5, 0.6) is 5.75 Å². The molecule has 0 saturated carbocycles. The standard InChI is InChI=1S/C16H14F3N5O2/c17-16(18,19)26-12-6-2-1-5-11(12)9-20-15(25)21-10-14-23-22-13-7-3-4-8-24(13)14/h1-8H,9-10H2,(H2,20,21,25). The summed E-state index contributed by atoms with van der Waals surface area (Å²) in [5.41, 5.74) is 0.843. The van der Waals surface area contributed by atoms with E-state index in [-0.39, 0.29) is 24.4 Å². The van der Waals surface area contributed by atoms with Crippen molar-refractivity contribution < 1.29 is 22.7 Å². The lowest BCUT2D eigenvalue weighted by Gasteiger charge is -2.13. The van der Waals surface area contributed by atoms with E-state index in [0.717, 1.165) is 0 Å². The highest BCUT2D eigenvalue weighted by atomic mass is 19.4. The molecule has 136 valence electrons. The van der Waals surface area contributed by atoms with Gasteiger partial charge in [0, 0.05) is 18.3 Å². The number of nitrogens with zero attached hydrogens (tertiary/aromatic N) is 3. The van der Waals surface area contributed by atoms with Crippen LogP contribution in [0.3, 0.4) is 0 Å². The number of para-hydroxylation sites is 1. The number of hydrogen-bond donors (Lipinski definition) is 2. The lowest BCUT2D eigenvalue weighted by Crippen LogP contribution is -2.35. The number of nitrogens with one attached hydrogen (secondary N) is 2. The lowest BCUT2D eigenvalue weighted by atomic mass is 10.2. The number of hydrogen-bond acceptors (Lipinski definition) is 4. The topological polar surface area (TPSA) is 80.5 Å². The van der Waals surface area contributed by atoms with Crippen LogP contribution in [0.2, 0.25) is 0 Å². The molecule has 2 amide bonds. The van der Waals surface area contributed by atoms with Gasteiger partial charge < -0.3 is 15.4 Å². The van der Waals surface area contributed by atoms with Crippen molar-refractivity contribution in [1.82, 2.24) is 25.2 Å². The highest BCUT2D eigenvalue weighted by Gasteiger charge is 2.31. The number of carbonyl (C=O) groups excluding carboxylic acids is 1. The van der Waals surface area contributed by atoms with Gasteiger partial charge in [0.15, 0.2) is 11.5 Å². The van der Waals surface area contributed by atoms with Crippen LogP contribution in [-0.2, 0) is 13.1 Å². The van der Waals surface area contributed by atoms with Crippen LogP contribution in [0.1, 0.15) is 11.4 Å². The van der Waals surface area contributed by atoms with Crippen molar-refractivity contribution >= 4 is 11.7 Å². The smallest absolute Gasteiger partial charge is 0.405 e. The van der Waals surface area contributed by atoms with Gasteiger partial charge in [-0.2, -0.15) is 0 Å². The predicted octanol–water partition coefficient (Wildman–Crippen LogP) is 2.63. The third-order valence-electron chi connectivity index (χ3n) is 3.43. The zero-order valence-corrected chi connectivity index (χ0v) is 13.3. The average molecular weight is 365 g/mol. The van der Waals surface area contributed by atoms with E-state index in [0.29, 0.717) is 11.5 Å². The number of pyridine rings is 1. The number of carbonyl (C=O) groups is 1. The van der Waals surface area contributed by atoms with Gasteiger partial charge in [-0.05, 0) is 18.2 Å². The third-order valence-corrected chi connectivity index (χ3v) is 3.43. The largest absolute Gasteiger partial charge is 0.573 e. The fraction of sp³-hybridized carbons (Fsp3) is 0.188. The molecule has 1 aromatic carbocycles. The molecule has 3 rings (SSSR count). The minimum Gasteiger partial charge on any atom is -0.405 e. The van der Waals surface area contributed by atoms with Crippen molar-refractivity contribution in [2.24, 2.45) is 0 Å². The molecule has 0 aliphatic heterocycles. The number of rotatable bonds is 5. The Balaban J connectivity index is 1.56. The molecule has 2 aromatic heterocycles. The second kappa shape index (κ2) is 7.30. The summed E-state index contributed by atoms with van der Waals surface area (Å²) in [6.45, 7) is -0.0175. The van der Waals surface area contributed by atoms with E-state index < -0.39 is 12.4 Å². The molecule has 10 heteroatoms. The van der Waals surface area contributed by atoms with E-state index in [2.05, 4.69) is 25.6 Å². The number of urea groups is 1. The van der Waals surface area contributed by atoms with E-state index in [1.54, 1.807) is 28.8 Å².